The molecule has 1 aliphatic rings. The molecule has 1 amide bonds. The summed E-state index contributed by atoms with van der Waals surface area (Å²) in [6, 6.07) is 1.57. The van der Waals surface area contributed by atoms with Gasteiger partial charge in [0.25, 0.3) is 5.91 Å². The molecular weight excluding hydrogens is 274 g/mol. The minimum atomic E-state index is -0.493. The lowest BCUT2D eigenvalue weighted by Gasteiger charge is -2.25. The van der Waals surface area contributed by atoms with Gasteiger partial charge in [0.05, 0.1) is 12.1 Å². The van der Waals surface area contributed by atoms with Crippen molar-refractivity contribution in [3.05, 3.63) is 22.4 Å². The average Bonchev–Trinajstić information content (AvgIpc) is 2.85. The number of rotatable bonds is 2. The fraction of sp³-hybridized carbons (Fsp3) is 0.500. The molecule has 0 saturated carbocycles. The highest BCUT2D eigenvalue weighted by Gasteiger charge is 2.31. The Morgan fingerprint density at radius 1 is 1.62 bits per heavy atom. The molecule has 0 aromatic carbocycles. The molecule has 3 N–H and O–H groups in total. The van der Waals surface area contributed by atoms with E-state index in [9.17, 15) is 9.90 Å². The van der Waals surface area contributed by atoms with Gasteiger partial charge < -0.3 is 20.3 Å². The fourth-order valence-electron chi connectivity index (χ4n) is 1.88. The predicted octanol–water partition coefficient (Wildman–Crippen LogP) is 0.182. The van der Waals surface area contributed by atoms with Gasteiger partial charge in [0.1, 0.15) is 5.69 Å². The first kappa shape index (κ1) is 11.6. The number of carbonyl (C=O) groups excluding carboxylic acids is 1. The van der Waals surface area contributed by atoms with Crippen molar-refractivity contribution in [2.24, 2.45) is 0 Å². The van der Waals surface area contributed by atoms with E-state index in [1.54, 1.807) is 24.2 Å². The summed E-state index contributed by atoms with van der Waals surface area (Å²) in [4.78, 5) is 16.5. The molecule has 0 bridgehead atoms. The van der Waals surface area contributed by atoms with Crippen LogP contribution in [0.15, 0.2) is 16.7 Å². The molecule has 1 aliphatic heterocycles. The lowest BCUT2D eigenvalue weighted by atomic mass is 10.2. The molecule has 6 heteroatoms. The number of amides is 1. The second-order valence-electron chi connectivity index (χ2n) is 3.94. The van der Waals surface area contributed by atoms with Crippen LogP contribution in [0.1, 0.15) is 10.5 Å². The van der Waals surface area contributed by atoms with Crippen LogP contribution in [0.25, 0.3) is 0 Å². The first-order chi connectivity index (χ1) is 7.59. The van der Waals surface area contributed by atoms with Crippen LogP contribution in [0.4, 0.5) is 0 Å². The molecule has 2 rings (SSSR count). The molecule has 0 unspecified atom stereocenters. The van der Waals surface area contributed by atoms with Crippen molar-refractivity contribution in [3.63, 3.8) is 0 Å². The number of halogens is 1. The Bertz CT molecular complexity index is 393. The largest absolute Gasteiger partial charge is 0.390 e. The van der Waals surface area contributed by atoms with Crippen molar-refractivity contribution in [1.29, 1.82) is 0 Å². The topological polar surface area (TPSA) is 68.4 Å². The van der Waals surface area contributed by atoms with Crippen molar-refractivity contribution < 1.29 is 9.90 Å². The lowest BCUT2D eigenvalue weighted by molar-refractivity contribution is 0.0576. The quantitative estimate of drug-likeness (QED) is 0.727. The van der Waals surface area contributed by atoms with Crippen LogP contribution in [-0.2, 0) is 0 Å². The van der Waals surface area contributed by atoms with E-state index in [1.165, 1.54) is 0 Å². The number of H-pyrrole nitrogens is 1. The van der Waals surface area contributed by atoms with E-state index < -0.39 is 6.10 Å². The van der Waals surface area contributed by atoms with Crippen molar-refractivity contribution >= 4 is 21.8 Å². The summed E-state index contributed by atoms with van der Waals surface area (Å²) < 4.78 is 0.842. The molecule has 1 aromatic heterocycles. The molecule has 16 heavy (non-hydrogen) atoms. The van der Waals surface area contributed by atoms with E-state index in [0.717, 1.165) is 4.47 Å². The zero-order valence-corrected chi connectivity index (χ0v) is 10.5. The van der Waals surface area contributed by atoms with Gasteiger partial charge in [-0.05, 0) is 22.0 Å². The third kappa shape index (κ3) is 2.14. The number of aliphatic hydroxyl groups excluding tert-OH is 1. The molecule has 1 aromatic rings. The number of aromatic nitrogens is 1. The molecule has 2 heterocycles. The summed E-state index contributed by atoms with van der Waals surface area (Å²) in [6.45, 7) is 1.17. The van der Waals surface area contributed by atoms with Gasteiger partial charge >= 0.3 is 0 Å². The number of nitrogens with zero attached hydrogens (tertiary/aromatic N) is 1. The number of likely N-dealkylation sites (N-methyl/N-ethyl adjacent to an activating group) is 1. The minimum absolute atomic E-state index is 0.113. The zero-order chi connectivity index (χ0) is 11.7. The minimum Gasteiger partial charge on any atom is -0.390 e. The summed E-state index contributed by atoms with van der Waals surface area (Å²) in [7, 11) is 1.71. The normalized spacial score (nSPS) is 24.7. The summed E-state index contributed by atoms with van der Waals surface area (Å²) in [6.07, 6.45) is 1.22. The van der Waals surface area contributed by atoms with E-state index in [4.69, 9.17) is 0 Å². The van der Waals surface area contributed by atoms with E-state index >= 15 is 0 Å². The standard InChI is InChI=1S/C10H14BrN3O2/c1-14(8-4-12-5-9(8)15)10(16)7-2-6(11)3-13-7/h2-3,8-9,12-13,15H,4-5H2,1H3/t8-,9-/m0/s1. The first-order valence-corrected chi connectivity index (χ1v) is 5.88. The van der Waals surface area contributed by atoms with Crippen LogP contribution in [-0.4, -0.2) is 53.2 Å². The van der Waals surface area contributed by atoms with Gasteiger partial charge in [0.2, 0.25) is 0 Å². The number of β-amino-alcohol motifs (C(OH)–C–C–N with tert-alkyl or cyclic N) is 1. The van der Waals surface area contributed by atoms with Gasteiger partial charge in [0, 0.05) is 30.8 Å². The molecular formula is C10H14BrN3O2. The Balaban J connectivity index is 2.10. The monoisotopic (exact) mass is 287 g/mol. The summed E-state index contributed by atoms with van der Waals surface area (Å²) in [5, 5.41) is 12.7. The molecule has 0 aliphatic carbocycles. The maximum Gasteiger partial charge on any atom is 0.270 e. The Morgan fingerprint density at radius 3 is 2.88 bits per heavy atom. The highest BCUT2D eigenvalue weighted by Crippen LogP contribution is 2.15. The van der Waals surface area contributed by atoms with Gasteiger partial charge in [-0.2, -0.15) is 0 Å². The number of aliphatic hydroxyl groups is 1. The lowest BCUT2D eigenvalue weighted by Crippen LogP contribution is -2.44. The van der Waals surface area contributed by atoms with Gasteiger partial charge in [-0.25, -0.2) is 0 Å². The van der Waals surface area contributed by atoms with Crippen molar-refractivity contribution in [1.82, 2.24) is 15.2 Å². The molecule has 0 radical (unpaired) electrons. The number of nitrogens with one attached hydrogen (secondary N) is 2. The molecule has 1 fully saturated rings. The highest BCUT2D eigenvalue weighted by molar-refractivity contribution is 9.10. The molecule has 88 valence electrons. The van der Waals surface area contributed by atoms with Gasteiger partial charge in [-0.1, -0.05) is 0 Å². The zero-order valence-electron chi connectivity index (χ0n) is 8.90. The van der Waals surface area contributed by atoms with Crippen molar-refractivity contribution in [2.75, 3.05) is 20.1 Å². The molecule has 1 saturated heterocycles. The summed E-state index contributed by atoms with van der Waals surface area (Å²) in [5.74, 6) is -0.113. The Labute approximate surface area is 102 Å². The number of hydrogen-bond acceptors (Lipinski definition) is 3. The number of aromatic amines is 1. The maximum atomic E-state index is 12.0. The van der Waals surface area contributed by atoms with Gasteiger partial charge in [0.15, 0.2) is 0 Å². The fourth-order valence-corrected chi connectivity index (χ4v) is 2.22. The van der Waals surface area contributed by atoms with E-state index in [-0.39, 0.29) is 11.9 Å². The Morgan fingerprint density at radius 2 is 2.38 bits per heavy atom. The van der Waals surface area contributed by atoms with Crippen LogP contribution in [0.2, 0.25) is 0 Å². The van der Waals surface area contributed by atoms with E-state index in [2.05, 4.69) is 26.2 Å². The van der Waals surface area contributed by atoms with Gasteiger partial charge in [-0.3, -0.25) is 4.79 Å². The van der Waals surface area contributed by atoms with Crippen LogP contribution < -0.4 is 5.32 Å². The number of carbonyl (C=O) groups is 1. The molecule has 2 atom stereocenters. The third-order valence-electron chi connectivity index (χ3n) is 2.85. The van der Waals surface area contributed by atoms with E-state index in [1.807, 2.05) is 0 Å². The smallest absolute Gasteiger partial charge is 0.270 e. The molecule has 5 nitrogen and oxygen atoms in total. The summed E-state index contributed by atoms with van der Waals surface area (Å²) >= 11 is 3.28. The highest BCUT2D eigenvalue weighted by atomic mass is 79.9. The van der Waals surface area contributed by atoms with Crippen LogP contribution in [0, 0.1) is 0 Å². The average molecular weight is 288 g/mol. The van der Waals surface area contributed by atoms with Crippen molar-refractivity contribution in [2.45, 2.75) is 12.1 Å². The van der Waals surface area contributed by atoms with Gasteiger partial charge in [-0.15, -0.1) is 0 Å². The Hall–Kier alpha value is -0.850. The van der Waals surface area contributed by atoms with Crippen molar-refractivity contribution in [3.8, 4) is 0 Å². The van der Waals surface area contributed by atoms with Crippen LogP contribution in [0.5, 0.6) is 0 Å². The first-order valence-electron chi connectivity index (χ1n) is 5.09. The SMILES string of the molecule is CN(C(=O)c1cc(Br)c[nH]1)[C@H]1CNC[C@@H]1O. The Kier molecular flexibility index (Phi) is 3.32. The number of hydrogen-bond donors (Lipinski definition) is 3. The second kappa shape index (κ2) is 4.57. The summed E-state index contributed by atoms with van der Waals surface area (Å²) in [5.41, 5.74) is 0.522. The third-order valence-corrected chi connectivity index (χ3v) is 3.30. The molecule has 0 spiro atoms. The van der Waals surface area contributed by atoms with Crippen LogP contribution >= 0.6 is 15.9 Å². The van der Waals surface area contributed by atoms with Crippen LogP contribution in [0.3, 0.4) is 0 Å². The van der Waals surface area contributed by atoms with E-state index in [0.29, 0.717) is 18.8 Å². The maximum absolute atomic E-state index is 12.0. The second-order valence-corrected chi connectivity index (χ2v) is 4.86. The predicted molar refractivity (Wildman–Crippen MR) is 63.3 cm³/mol.